The maximum absolute atomic E-state index is 13.3. The molecule has 0 atom stereocenters. The number of carbonyl (C=O) groups is 2. The minimum Gasteiger partial charge on any atom is -0.366 e. The van der Waals surface area contributed by atoms with Gasteiger partial charge in [0.2, 0.25) is 5.91 Å². The molecule has 0 aliphatic carbocycles. The van der Waals surface area contributed by atoms with Gasteiger partial charge in [0.1, 0.15) is 0 Å². The van der Waals surface area contributed by atoms with Crippen molar-refractivity contribution in [3.63, 3.8) is 0 Å². The third kappa shape index (κ3) is 5.22. The summed E-state index contributed by atoms with van der Waals surface area (Å²) in [4.78, 5) is 25.8. The first-order valence-corrected chi connectivity index (χ1v) is 12.5. The molecule has 2 amide bonds. The van der Waals surface area contributed by atoms with Gasteiger partial charge in [0.15, 0.2) is 5.69 Å². The van der Waals surface area contributed by atoms with E-state index in [1.54, 1.807) is 28.9 Å². The maximum atomic E-state index is 13.3. The Morgan fingerprint density at radius 3 is 2.40 bits per heavy atom. The fraction of sp³-hybridized carbons (Fsp3) is 0.346. The van der Waals surface area contributed by atoms with Crippen molar-refractivity contribution in [3.8, 4) is 16.9 Å². The van der Waals surface area contributed by atoms with E-state index in [2.05, 4.69) is 10.5 Å². The van der Waals surface area contributed by atoms with Crippen LogP contribution in [-0.2, 0) is 0 Å². The summed E-state index contributed by atoms with van der Waals surface area (Å²) in [7, 11) is 0. The maximum Gasteiger partial charge on any atom is 0.286 e. The highest BCUT2D eigenvalue weighted by Gasteiger charge is 2.27. The van der Waals surface area contributed by atoms with Gasteiger partial charge in [-0.1, -0.05) is 55.6 Å². The molecule has 0 spiro atoms. The van der Waals surface area contributed by atoms with E-state index in [0.29, 0.717) is 38.1 Å². The molecular formula is C26H29Cl2N5O2. The normalized spacial score (nSPS) is 14.3. The van der Waals surface area contributed by atoms with E-state index >= 15 is 0 Å². The number of hydrazine groups is 1. The number of benzene rings is 2. The Hall–Kier alpha value is -2.87. The van der Waals surface area contributed by atoms with Crippen LogP contribution in [0.1, 0.15) is 71.0 Å². The van der Waals surface area contributed by atoms with Crippen LogP contribution in [0.4, 0.5) is 0 Å². The number of aromatic nitrogens is 2. The molecule has 1 aromatic heterocycles. The number of nitrogens with one attached hydrogen (secondary N) is 1. The zero-order valence-electron chi connectivity index (χ0n) is 20.1. The third-order valence-corrected chi connectivity index (χ3v) is 6.86. The van der Waals surface area contributed by atoms with Crippen LogP contribution in [0.3, 0.4) is 0 Å². The smallest absolute Gasteiger partial charge is 0.286 e. The molecular weight excluding hydrogens is 485 g/mol. The van der Waals surface area contributed by atoms with Crippen LogP contribution in [0.25, 0.3) is 16.9 Å². The lowest BCUT2D eigenvalue weighted by atomic mass is 9.94. The van der Waals surface area contributed by atoms with E-state index < -0.39 is 5.91 Å². The topological polar surface area (TPSA) is 93.2 Å². The summed E-state index contributed by atoms with van der Waals surface area (Å²) in [5.74, 6) is -0.658. The Morgan fingerprint density at radius 1 is 1.06 bits per heavy atom. The summed E-state index contributed by atoms with van der Waals surface area (Å²) in [6, 6.07) is 10.7. The van der Waals surface area contributed by atoms with Crippen molar-refractivity contribution in [1.82, 2.24) is 20.2 Å². The van der Waals surface area contributed by atoms with Crippen LogP contribution in [-0.4, -0.2) is 39.7 Å². The van der Waals surface area contributed by atoms with E-state index in [0.717, 1.165) is 37.9 Å². The van der Waals surface area contributed by atoms with Gasteiger partial charge in [-0.15, -0.1) is 0 Å². The minimum atomic E-state index is -0.559. The van der Waals surface area contributed by atoms with Crippen molar-refractivity contribution < 1.29 is 9.59 Å². The lowest BCUT2D eigenvalue weighted by Gasteiger charge is -2.26. The number of carbonyl (C=O) groups excluding carboxylic acids is 2. The van der Waals surface area contributed by atoms with Crippen LogP contribution in [0.15, 0.2) is 36.4 Å². The average Bonchev–Trinajstić information content (AvgIpc) is 3.15. The van der Waals surface area contributed by atoms with Gasteiger partial charge in [-0.25, -0.2) is 9.69 Å². The van der Waals surface area contributed by atoms with Gasteiger partial charge in [-0.3, -0.25) is 15.0 Å². The highest BCUT2D eigenvalue weighted by Crippen LogP contribution is 2.35. The van der Waals surface area contributed by atoms with Gasteiger partial charge in [-0.2, -0.15) is 5.10 Å². The standard InChI is InChI=1S/C26H29Cl2N5O2/c1-15(2)17-7-9-19(20(13-17)25(29)34)24-16(3)23(26(35)31-32-11-5-4-6-12-32)30-33(24)22-10-8-18(27)14-21(22)28/h7-10,13-15H,4-6,11-12H2,1-3H3,(H2,29,34)(H,31,35). The quantitative estimate of drug-likeness (QED) is 0.454. The molecule has 35 heavy (non-hydrogen) atoms. The van der Waals surface area contributed by atoms with Gasteiger partial charge in [0.25, 0.3) is 5.91 Å². The largest absolute Gasteiger partial charge is 0.366 e. The Bertz CT molecular complexity index is 1280. The molecule has 3 aromatic rings. The molecule has 184 valence electrons. The molecule has 4 rings (SSSR count). The fourth-order valence-electron chi connectivity index (χ4n) is 4.39. The average molecular weight is 514 g/mol. The first-order valence-electron chi connectivity index (χ1n) is 11.7. The highest BCUT2D eigenvalue weighted by atomic mass is 35.5. The number of amides is 2. The van der Waals surface area contributed by atoms with Crippen LogP contribution in [0.2, 0.25) is 10.0 Å². The van der Waals surface area contributed by atoms with Crippen molar-refractivity contribution in [2.75, 3.05) is 13.1 Å². The molecule has 1 fully saturated rings. The van der Waals surface area contributed by atoms with Crippen LogP contribution in [0.5, 0.6) is 0 Å². The number of hydrogen-bond donors (Lipinski definition) is 2. The summed E-state index contributed by atoms with van der Waals surface area (Å²) in [5, 5.41) is 7.43. The Morgan fingerprint density at radius 2 is 1.77 bits per heavy atom. The zero-order chi connectivity index (χ0) is 25.3. The van der Waals surface area contributed by atoms with Crippen molar-refractivity contribution in [2.24, 2.45) is 5.73 Å². The van der Waals surface area contributed by atoms with Crippen LogP contribution >= 0.6 is 23.2 Å². The second-order valence-electron chi connectivity index (χ2n) is 9.14. The number of rotatable bonds is 6. The van der Waals surface area contributed by atoms with Crippen LogP contribution in [0, 0.1) is 6.92 Å². The predicted molar refractivity (Wildman–Crippen MR) is 139 cm³/mol. The van der Waals surface area contributed by atoms with E-state index in [1.807, 2.05) is 37.9 Å². The Balaban J connectivity index is 1.90. The van der Waals surface area contributed by atoms with E-state index in [1.165, 1.54) is 0 Å². The molecule has 2 aromatic carbocycles. The van der Waals surface area contributed by atoms with Crippen molar-refractivity contribution >= 4 is 35.0 Å². The monoisotopic (exact) mass is 513 g/mol. The number of halogens is 2. The van der Waals surface area contributed by atoms with E-state index in [9.17, 15) is 9.59 Å². The SMILES string of the molecule is Cc1c(C(=O)NN2CCCCC2)nn(-c2ccc(Cl)cc2Cl)c1-c1ccc(C(C)C)cc1C(N)=O. The summed E-state index contributed by atoms with van der Waals surface area (Å²) < 4.78 is 1.59. The van der Waals surface area contributed by atoms with Crippen molar-refractivity contribution in [1.29, 1.82) is 0 Å². The third-order valence-electron chi connectivity index (χ3n) is 6.32. The first-order chi connectivity index (χ1) is 16.7. The Labute approximate surface area is 215 Å². The second-order valence-corrected chi connectivity index (χ2v) is 9.99. The molecule has 0 radical (unpaired) electrons. The second kappa shape index (κ2) is 10.4. The zero-order valence-corrected chi connectivity index (χ0v) is 21.6. The summed E-state index contributed by atoms with van der Waals surface area (Å²) >= 11 is 12.7. The number of piperidine rings is 1. The van der Waals surface area contributed by atoms with Gasteiger partial charge in [0.05, 0.1) is 16.4 Å². The van der Waals surface area contributed by atoms with Crippen LogP contribution < -0.4 is 11.2 Å². The molecule has 1 saturated heterocycles. The molecule has 9 heteroatoms. The molecule has 0 unspecified atom stereocenters. The predicted octanol–water partition coefficient (Wildman–Crippen LogP) is 5.51. The molecule has 3 N–H and O–H groups in total. The lowest BCUT2D eigenvalue weighted by molar-refractivity contribution is 0.0743. The molecule has 0 saturated carbocycles. The number of primary amides is 1. The highest BCUT2D eigenvalue weighted by molar-refractivity contribution is 6.35. The summed E-state index contributed by atoms with van der Waals surface area (Å²) in [5.41, 5.74) is 12.7. The molecule has 1 aliphatic rings. The van der Waals surface area contributed by atoms with E-state index in [-0.39, 0.29) is 17.5 Å². The minimum absolute atomic E-state index is 0.213. The van der Waals surface area contributed by atoms with Gasteiger partial charge in [0, 0.05) is 34.8 Å². The first kappa shape index (κ1) is 25.2. The van der Waals surface area contributed by atoms with E-state index in [4.69, 9.17) is 28.9 Å². The molecule has 2 heterocycles. The van der Waals surface area contributed by atoms with Crippen molar-refractivity contribution in [2.45, 2.75) is 46.0 Å². The lowest BCUT2D eigenvalue weighted by Crippen LogP contribution is -2.45. The number of nitrogens with zero attached hydrogens (tertiary/aromatic N) is 3. The van der Waals surface area contributed by atoms with Crippen molar-refractivity contribution in [3.05, 3.63) is 68.8 Å². The Kier molecular flexibility index (Phi) is 7.50. The van der Waals surface area contributed by atoms with Gasteiger partial charge in [-0.05, 0) is 55.5 Å². The molecule has 0 bridgehead atoms. The molecule has 7 nitrogen and oxygen atoms in total. The summed E-state index contributed by atoms with van der Waals surface area (Å²) in [6.07, 6.45) is 3.22. The number of nitrogens with two attached hydrogens (primary N) is 1. The number of hydrogen-bond acceptors (Lipinski definition) is 4. The van der Waals surface area contributed by atoms with Gasteiger partial charge < -0.3 is 5.73 Å². The van der Waals surface area contributed by atoms with Gasteiger partial charge >= 0.3 is 0 Å². The molecule has 1 aliphatic heterocycles. The fourth-order valence-corrected chi connectivity index (χ4v) is 4.88. The summed E-state index contributed by atoms with van der Waals surface area (Å²) in [6.45, 7) is 7.50.